The second-order valence-electron chi connectivity index (χ2n) is 9.79. The molecule has 4 aromatic rings. The van der Waals surface area contributed by atoms with Gasteiger partial charge in [0.05, 0.1) is 37.1 Å². The lowest BCUT2D eigenvalue weighted by Gasteiger charge is -2.42. The van der Waals surface area contributed by atoms with E-state index in [2.05, 4.69) is 46.2 Å². The Morgan fingerprint density at radius 2 is 1.62 bits per heavy atom. The number of carbonyl (C=O) groups is 1. The lowest BCUT2D eigenvalue weighted by atomic mass is 9.87. The van der Waals surface area contributed by atoms with Gasteiger partial charge >= 0.3 is 6.09 Å². The molecule has 2 aliphatic heterocycles. The summed E-state index contributed by atoms with van der Waals surface area (Å²) in [6, 6.07) is 25.9. The van der Waals surface area contributed by atoms with Crippen molar-refractivity contribution in [1.82, 2.24) is 9.47 Å². The molecule has 1 unspecified atom stereocenters. The molecule has 2 N–H and O–H groups in total. The van der Waals surface area contributed by atoms with E-state index < -0.39 is 6.09 Å². The molecule has 0 spiro atoms. The number of hydrogen-bond acceptors (Lipinski definition) is 5. The zero-order valence-electron chi connectivity index (χ0n) is 20.7. The van der Waals surface area contributed by atoms with E-state index in [0.29, 0.717) is 18.5 Å². The molecule has 3 heterocycles. The van der Waals surface area contributed by atoms with Crippen LogP contribution in [0.3, 0.4) is 0 Å². The van der Waals surface area contributed by atoms with Gasteiger partial charge in [0.15, 0.2) is 0 Å². The molecular formula is C30H31N3O4. The number of nitrogens with zero attached hydrogens (tertiary/aromatic N) is 3. The number of anilines is 1. The molecular weight excluding hydrogens is 466 g/mol. The van der Waals surface area contributed by atoms with Crippen molar-refractivity contribution in [2.75, 3.05) is 37.8 Å². The fourth-order valence-electron chi connectivity index (χ4n) is 5.98. The molecule has 3 aromatic carbocycles. The summed E-state index contributed by atoms with van der Waals surface area (Å²) in [6.07, 6.45) is -0.406. The number of hydrogen-bond donors (Lipinski definition) is 2. The maximum atomic E-state index is 12.7. The van der Waals surface area contributed by atoms with Gasteiger partial charge in [0.25, 0.3) is 0 Å². The number of para-hydroxylation sites is 1. The highest BCUT2D eigenvalue weighted by molar-refractivity contribution is 5.94. The van der Waals surface area contributed by atoms with Gasteiger partial charge in [-0.1, -0.05) is 60.7 Å². The van der Waals surface area contributed by atoms with Crippen molar-refractivity contribution >= 4 is 22.7 Å². The Morgan fingerprint density at radius 1 is 0.919 bits per heavy atom. The average Bonchev–Trinajstić information content (AvgIpc) is 3.28. The monoisotopic (exact) mass is 497 g/mol. The molecule has 0 aliphatic carbocycles. The molecule has 37 heavy (non-hydrogen) atoms. The zero-order valence-corrected chi connectivity index (χ0v) is 20.7. The van der Waals surface area contributed by atoms with E-state index in [4.69, 9.17) is 4.74 Å². The van der Waals surface area contributed by atoms with Crippen LogP contribution >= 0.6 is 0 Å². The fourth-order valence-corrected chi connectivity index (χ4v) is 5.98. The average molecular weight is 498 g/mol. The maximum Gasteiger partial charge on any atom is 0.416 e. The Labute approximate surface area is 216 Å². The third-order valence-electron chi connectivity index (χ3n) is 7.71. The molecule has 0 radical (unpaired) electrons. The summed E-state index contributed by atoms with van der Waals surface area (Å²) < 4.78 is 6.96. The second kappa shape index (κ2) is 10.0. The molecule has 1 fully saturated rings. The van der Waals surface area contributed by atoms with Crippen LogP contribution in [0.5, 0.6) is 0 Å². The van der Waals surface area contributed by atoms with Gasteiger partial charge in [-0.3, -0.25) is 4.90 Å². The molecule has 6 rings (SSSR count). The Balaban J connectivity index is 1.52. The zero-order chi connectivity index (χ0) is 25.4. The highest BCUT2D eigenvalue weighted by atomic mass is 16.5. The largest absolute Gasteiger partial charge is 0.464 e. The van der Waals surface area contributed by atoms with Crippen molar-refractivity contribution in [1.29, 1.82) is 0 Å². The summed E-state index contributed by atoms with van der Waals surface area (Å²) in [5.41, 5.74) is 5.73. The number of aliphatic hydroxyl groups excluding tert-OH is 1. The van der Waals surface area contributed by atoms with E-state index >= 15 is 0 Å². The van der Waals surface area contributed by atoms with Crippen molar-refractivity contribution in [3.05, 3.63) is 101 Å². The first-order chi connectivity index (χ1) is 18.2. The second-order valence-corrected chi connectivity index (χ2v) is 9.79. The Morgan fingerprint density at radius 3 is 2.32 bits per heavy atom. The van der Waals surface area contributed by atoms with Gasteiger partial charge in [-0.2, -0.15) is 0 Å². The third kappa shape index (κ3) is 4.29. The van der Waals surface area contributed by atoms with Gasteiger partial charge in [0.1, 0.15) is 0 Å². The van der Waals surface area contributed by atoms with E-state index in [0.717, 1.165) is 59.8 Å². The SMILES string of the molecule is O=C(O)n1c2c(c3ccccc31)C[C@H](CO)N(Cc1ccccc1)C2c1ccc(N2CCOCC2)cc1. The highest BCUT2D eigenvalue weighted by Crippen LogP contribution is 2.43. The first-order valence-corrected chi connectivity index (χ1v) is 12.8. The summed E-state index contributed by atoms with van der Waals surface area (Å²) in [5, 5.41) is 21.9. The number of fused-ring (bicyclic) bond motifs is 3. The molecule has 0 amide bonds. The summed E-state index contributed by atoms with van der Waals surface area (Å²) in [6.45, 7) is 3.73. The van der Waals surface area contributed by atoms with E-state index in [1.807, 2.05) is 42.5 Å². The predicted molar refractivity (Wildman–Crippen MR) is 143 cm³/mol. The normalized spacial score (nSPS) is 20.2. The third-order valence-corrected chi connectivity index (χ3v) is 7.71. The number of aromatic nitrogens is 1. The first kappa shape index (κ1) is 23.7. The van der Waals surface area contributed by atoms with Crippen LogP contribution in [0, 0.1) is 0 Å². The van der Waals surface area contributed by atoms with Crippen LogP contribution in [0.1, 0.15) is 28.4 Å². The van der Waals surface area contributed by atoms with Gasteiger partial charge in [-0.15, -0.1) is 0 Å². The van der Waals surface area contributed by atoms with Crippen LogP contribution in [0.4, 0.5) is 10.5 Å². The van der Waals surface area contributed by atoms with Crippen molar-refractivity contribution in [2.24, 2.45) is 0 Å². The van der Waals surface area contributed by atoms with Crippen LogP contribution in [-0.4, -0.2) is 64.7 Å². The Bertz CT molecular complexity index is 1390. The molecule has 7 heteroatoms. The smallest absolute Gasteiger partial charge is 0.416 e. The number of aliphatic hydroxyl groups is 1. The molecule has 1 aromatic heterocycles. The predicted octanol–water partition coefficient (Wildman–Crippen LogP) is 4.51. The summed E-state index contributed by atoms with van der Waals surface area (Å²) >= 11 is 0. The van der Waals surface area contributed by atoms with E-state index in [9.17, 15) is 15.0 Å². The minimum Gasteiger partial charge on any atom is -0.464 e. The number of ether oxygens (including phenoxy) is 1. The summed E-state index contributed by atoms with van der Waals surface area (Å²) in [5.74, 6) is 0. The van der Waals surface area contributed by atoms with Crippen LogP contribution in [-0.2, 0) is 17.7 Å². The summed E-state index contributed by atoms with van der Waals surface area (Å²) in [7, 11) is 0. The molecule has 7 nitrogen and oxygen atoms in total. The fraction of sp³-hybridized carbons (Fsp3) is 0.300. The number of rotatable bonds is 5. The van der Waals surface area contributed by atoms with Crippen molar-refractivity contribution in [3.8, 4) is 0 Å². The topological polar surface area (TPSA) is 78.2 Å². The minimum absolute atomic E-state index is 0.0127. The molecule has 190 valence electrons. The number of benzene rings is 3. The van der Waals surface area contributed by atoms with Crippen molar-refractivity contribution in [2.45, 2.75) is 25.0 Å². The van der Waals surface area contributed by atoms with Crippen molar-refractivity contribution < 1.29 is 19.7 Å². The number of carboxylic acid groups (broad SMARTS) is 1. The van der Waals surface area contributed by atoms with Gasteiger partial charge in [-0.25, -0.2) is 9.36 Å². The molecule has 2 atom stereocenters. The van der Waals surface area contributed by atoms with Crippen LogP contribution < -0.4 is 4.90 Å². The summed E-state index contributed by atoms with van der Waals surface area (Å²) in [4.78, 5) is 17.3. The van der Waals surface area contributed by atoms with Gasteiger partial charge in [0.2, 0.25) is 0 Å². The van der Waals surface area contributed by atoms with E-state index in [-0.39, 0.29) is 18.7 Å². The van der Waals surface area contributed by atoms with Gasteiger partial charge in [0, 0.05) is 36.7 Å². The first-order valence-electron chi connectivity index (χ1n) is 12.8. The molecule has 2 aliphatic rings. The highest BCUT2D eigenvalue weighted by Gasteiger charge is 2.40. The van der Waals surface area contributed by atoms with E-state index in [1.54, 1.807) is 0 Å². The van der Waals surface area contributed by atoms with Crippen LogP contribution in [0.25, 0.3) is 10.9 Å². The molecule has 0 saturated carbocycles. The van der Waals surface area contributed by atoms with E-state index in [1.165, 1.54) is 4.57 Å². The quantitative estimate of drug-likeness (QED) is 0.422. The standard InChI is InChI=1S/C30H31N3O4/c34-20-24-18-26-25-8-4-5-9-27(25)33(30(35)36)29(26)28(32(24)19-21-6-2-1-3-7-21)22-10-12-23(13-11-22)31-14-16-37-17-15-31/h1-13,24,28,34H,14-20H2,(H,35,36)/t24-,28?/m1/s1. The minimum atomic E-state index is -0.991. The van der Waals surface area contributed by atoms with Crippen LogP contribution in [0.2, 0.25) is 0 Å². The van der Waals surface area contributed by atoms with Crippen molar-refractivity contribution in [3.63, 3.8) is 0 Å². The van der Waals surface area contributed by atoms with Crippen LogP contribution in [0.15, 0.2) is 78.9 Å². The lowest BCUT2D eigenvalue weighted by Crippen LogP contribution is -2.46. The number of morpholine rings is 1. The molecule has 1 saturated heterocycles. The lowest BCUT2D eigenvalue weighted by molar-refractivity contribution is 0.0757. The maximum absolute atomic E-state index is 12.7. The molecule has 0 bridgehead atoms. The van der Waals surface area contributed by atoms with Gasteiger partial charge < -0.3 is 19.8 Å². The Kier molecular flexibility index (Phi) is 6.42. The Hall–Kier alpha value is -3.65. The van der Waals surface area contributed by atoms with Gasteiger partial charge in [-0.05, 0) is 41.3 Å².